The lowest BCUT2D eigenvalue weighted by Crippen LogP contribution is -2.10. The summed E-state index contributed by atoms with van der Waals surface area (Å²) in [4.78, 5) is 2.37. The van der Waals surface area contributed by atoms with Gasteiger partial charge in [-0.3, -0.25) is 0 Å². The molecular weight excluding hydrogens is 785 g/mol. The molecule has 0 aliphatic rings. The van der Waals surface area contributed by atoms with Gasteiger partial charge in [0.05, 0.1) is 0 Å². The van der Waals surface area contributed by atoms with Crippen molar-refractivity contribution in [1.82, 2.24) is 0 Å². The zero-order chi connectivity index (χ0) is 44.0. The van der Waals surface area contributed by atoms with Gasteiger partial charge in [0.15, 0.2) is 0 Å². The molecule has 65 heavy (non-hydrogen) atoms. The summed E-state index contributed by atoms with van der Waals surface area (Å²) in [6.45, 7) is 2.15. The highest BCUT2D eigenvalue weighted by Gasteiger charge is 2.20. The number of hydrogen-bond acceptors (Lipinski definition) is 2. The number of fused-ring (bicyclic) bond motifs is 2. The van der Waals surface area contributed by atoms with Crippen LogP contribution in [0.5, 0.6) is 0 Å². The molecule has 1 N–H and O–H groups in total. The second-order valence-corrected chi connectivity index (χ2v) is 15.9. The third-order valence-electron chi connectivity index (χ3n) is 11.4. The molecule has 0 atom stereocenters. The first kappa shape index (κ1) is 41.9. The molecule has 0 aliphatic heterocycles. The number of benzene rings is 11. The maximum absolute atomic E-state index is 3.66. The molecule has 0 amide bonds. The minimum absolute atomic E-state index is 1.06. The summed E-state index contributed by atoms with van der Waals surface area (Å²) in [6, 6.07) is 98.2. The summed E-state index contributed by atoms with van der Waals surface area (Å²) in [7, 11) is 0. The van der Waals surface area contributed by atoms with E-state index in [0.29, 0.717) is 0 Å². The Morgan fingerprint density at radius 2 is 0.631 bits per heavy atom. The van der Waals surface area contributed by atoms with Crippen molar-refractivity contribution in [3.05, 3.63) is 285 Å². The van der Waals surface area contributed by atoms with Crippen LogP contribution in [0.4, 0.5) is 28.4 Å². The van der Waals surface area contributed by atoms with E-state index in [-0.39, 0.29) is 0 Å². The Bertz CT molecular complexity index is 3090. The summed E-state index contributed by atoms with van der Waals surface area (Å²) >= 11 is 0. The largest absolute Gasteiger partial charge is 0.356 e. The molecule has 0 heterocycles. The van der Waals surface area contributed by atoms with Crippen molar-refractivity contribution in [2.24, 2.45) is 0 Å². The van der Waals surface area contributed by atoms with E-state index in [1.54, 1.807) is 0 Å². The molecule has 0 aromatic heterocycles. The van der Waals surface area contributed by atoms with Crippen molar-refractivity contribution in [3.63, 3.8) is 0 Å². The van der Waals surface area contributed by atoms with Gasteiger partial charge in [0.2, 0.25) is 0 Å². The first-order chi connectivity index (χ1) is 32.2. The molecule has 312 valence electrons. The normalized spacial score (nSPS) is 10.5. The molecule has 2 nitrogen and oxygen atoms in total. The van der Waals surface area contributed by atoms with E-state index in [1.165, 1.54) is 60.5 Å². The zero-order valence-corrected chi connectivity index (χ0v) is 36.5. The van der Waals surface area contributed by atoms with Crippen LogP contribution in [0, 0.1) is 6.92 Å². The number of hydrogen-bond donors (Lipinski definition) is 1. The molecule has 0 fully saturated rings. The van der Waals surface area contributed by atoms with Crippen LogP contribution < -0.4 is 10.2 Å². The highest BCUT2D eigenvalue weighted by Crippen LogP contribution is 2.47. The highest BCUT2D eigenvalue weighted by atomic mass is 15.1. The number of nitrogens with zero attached hydrogens (tertiary/aromatic N) is 1. The summed E-state index contributed by atoms with van der Waals surface area (Å²) in [5.41, 5.74) is 13.9. The maximum atomic E-state index is 3.66. The quantitative estimate of drug-likeness (QED) is 0.153. The second kappa shape index (κ2) is 20.6. The van der Waals surface area contributed by atoms with Crippen LogP contribution in [0.15, 0.2) is 279 Å². The van der Waals surface area contributed by atoms with Crippen LogP contribution >= 0.6 is 0 Å². The fourth-order valence-electron chi connectivity index (χ4n) is 8.30. The first-order valence-corrected chi connectivity index (χ1v) is 22.2. The fraction of sp³-hybridized carbons (Fsp3) is 0.0159. The van der Waals surface area contributed by atoms with E-state index in [2.05, 4.69) is 217 Å². The standard InChI is InChI=1S/C51H38N2.2C6H6/c1-36-22-24-40(25-23-36)51-46-32-28-42(52-41-18-10-4-11-19-41)34-48(46)50(39-16-8-3-9-17-39)47-33-31-45(35-49(47)51)53(43-20-12-5-13-21-43)44-29-26-38(27-30-44)37-14-6-2-7-15-37;2*1-2-4-6-5-3-1/h2-35,52H,1H3;2*1-6H. The number of para-hydroxylation sites is 2. The summed E-state index contributed by atoms with van der Waals surface area (Å²) in [5, 5.41) is 8.51. The van der Waals surface area contributed by atoms with Gasteiger partial charge in [-0.05, 0) is 123 Å². The highest BCUT2D eigenvalue weighted by molar-refractivity contribution is 6.22. The number of rotatable bonds is 8. The lowest BCUT2D eigenvalue weighted by Gasteiger charge is -2.27. The van der Waals surface area contributed by atoms with Crippen LogP contribution in [-0.4, -0.2) is 0 Å². The fourth-order valence-corrected chi connectivity index (χ4v) is 8.30. The minimum atomic E-state index is 1.06. The Kier molecular flexibility index (Phi) is 13.3. The van der Waals surface area contributed by atoms with Gasteiger partial charge < -0.3 is 10.2 Å². The van der Waals surface area contributed by atoms with Gasteiger partial charge in [-0.15, -0.1) is 0 Å². The van der Waals surface area contributed by atoms with Gasteiger partial charge in [-0.25, -0.2) is 0 Å². The Morgan fingerprint density at radius 3 is 1.17 bits per heavy atom. The van der Waals surface area contributed by atoms with E-state index >= 15 is 0 Å². The van der Waals surface area contributed by atoms with Crippen LogP contribution in [0.3, 0.4) is 0 Å². The third-order valence-corrected chi connectivity index (χ3v) is 11.4. The van der Waals surface area contributed by atoms with Gasteiger partial charge in [-0.1, -0.05) is 224 Å². The predicted molar refractivity (Wildman–Crippen MR) is 280 cm³/mol. The van der Waals surface area contributed by atoms with Crippen molar-refractivity contribution in [3.8, 4) is 33.4 Å². The minimum Gasteiger partial charge on any atom is -0.356 e. The zero-order valence-electron chi connectivity index (χ0n) is 36.5. The van der Waals surface area contributed by atoms with Gasteiger partial charge >= 0.3 is 0 Å². The second-order valence-electron chi connectivity index (χ2n) is 15.9. The maximum Gasteiger partial charge on any atom is 0.0468 e. The van der Waals surface area contributed by atoms with Crippen LogP contribution in [-0.2, 0) is 0 Å². The summed E-state index contributed by atoms with van der Waals surface area (Å²) in [6.07, 6.45) is 0. The first-order valence-electron chi connectivity index (χ1n) is 22.2. The van der Waals surface area contributed by atoms with E-state index in [0.717, 1.165) is 28.4 Å². The van der Waals surface area contributed by atoms with Crippen LogP contribution in [0.25, 0.3) is 54.9 Å². The molecule has 11 rings (SSSR count). The van der Waals surface area contributed by atoms with E-state index in [1.807, 2.05) is 78.9 Å². The van der Waals surface area contributed by atoms with Crippen molar-refractivity contribution < 1.29 is 0 Å². The number of anilines is 5. The predicted octanol–water partition coefficient (Wildman–Crippen LogP) is 17.9. The van der Waals surface area contributed by atoms with Crippen molar-refractivity contribution in [2.75, 3.05) is 10.2 Å². The van der Waals surface area contributed by atoms with Gasteiger partial charge in [0.1, 0.15) is 0 Å². The third kappa shape index (κ3) is 10.1. The molecule has 0 aliphatic carbocycles. The van der Waals surface area contributed by atoms with Gasteiger partial charge in [-0.2, -0.15) is 0 Å². The number of nitrogens with one attached hydrogen (secondary N) is 1. The van der Waals surface area contributed by atoms with Gasteiger partial charge in [0.25, 0.3) is 0 Å². The molecule has 11 aromatic rings. The lowest BCUT2D eigenvalue weighted by atomic mass is 9.85. The smallest absolute Gasteiger partial charge is 0.0468 e. The monoisotopic (exact) mass is 834 g/mol. The molecule has 0 saturated carbocycles. The average Bonchev–Trinajstić information content (AvgIpc) is 3.39. The van der Waals surface area contributed by atoms with E-state index in [4.69, 9.17) is 0 Å². The lowest BCUT2D eigenvalue weighted by molar-refractivity contribution is 1.29. The molecule has 0 spiro atoms. The molecular formula is C63H50N2. The molecule has 11 aromatic carbocycles. The van der Waals surface area contributed by atoms with Crippen LogP contribution in [0.2, 0.25) is 0 Å². The van der Waals surface area contributed by atoms with E-state index < -0.39 is 0 Å². The molecule has 0 radical (unpaired) electrons. The van der Waals surface area contributed by atoms with Crippen molar-refractivity contribution >= 4 is 50.0 Å². The summed E-state index contributed by atoms with van der Waals surface area (Å²) < 4.78 is 0. The van der Waals surface area contributed by atoms with Crippen molar-refractivity contribution in [1.29, 1.82) is 0 Å². The Morgan fingerprint density at radius 1 is 0.262 bits per heavy atom. The van der Waals surface area contributed by atoms with E-state index in [9.17, 15) is 0 Å². The molecule has 0 unspecified atom stereocenters. The van der Waals surface area contributed by atoms with Gasteiger partial charge in [0, 0.05) is 28.4 Å². The summed E-state index contributed by atoms with van der Waals surface area (Å²) in [5.74, 6) is 0. The molecule has 0 bridgehead atoms. The Hall–Kier alpha value is -8.46. The average molecular weight is 835 g/mol. The van der Waals surface area contributed by atoms with Crippen LogP contribution in [0.1, 0.15) is 5.56 Å². The molecule has 0 saturated heterocycles. The van der Waals surface area contributed by atoms with Crippen molar-refractivity contribution in [2.45, 2.75) is 6.92 Å². The number of aryl methyl sites for hydroxylation is 1. The Labute approximate surface area is 383 Å². The SMILES string of the molecule is Cc1ccc(-c2c3ccc(Nc4ccccc4)cc3c(-c3ccccc3)c3ccc(N(c4ccccc4)c4ccc(-c5ccccc5)cc4)cc23)cc1.c1ccccc1.c1ccccc1. The molecule has 2 heteroatoms. The topological polar surface area (TPSA) is 15.3 Å². The Balaban J connectivity index is 0.000000386.